The summed E-state index contributed by atoms with van der Waals surface area (Å²) < 4.78 is 10.2. The molecule has 130 valence electrons. The molecule has 0 aliphatic rings. The number of anilines is 1. The quantitative estimate of drug-likeness (QED) is 0.453. The highest BCUT2D eigenvalue weighted by molar-refractivity contribution is 6.64. The Balaban J connectivity index is 2.20. The molecule has 0 radical (unpaired) electrons. The third-order valence-corrected chi connectivity index (χ3v) is 3.26. The molecular weight excluding hydrogens is 322 g/mol. The van der Waals surface area contributed by atoms with Gasteiger partial charge in [-0.2, -0.15) is 5.10 Å². The van der Waals surface area contributed by atoms with E-state index >= 15 is 0 Å². The average Bonchev–Trinajstić information content (AvgIpc) is 2.68. The van der Waals surface area contributed by atoms with E-state index in [0.29, 0.717) is 17.0 Å². The zero-order chi connectivity index (χ0) is 18.1. The summed E-state index contributed by atoms with van der Waals surface area (Å²) in [6.45, 7) is 0. The molecule has 25 heavy (non-hydrogen) atoms. The van der Waals surface area contributed by atoms with Crippen molar-refractivity contribution in [3.05, 3.63) is 54.1 Å². The highest BCUT2D eigenvalue weighted by Gasteiger charge is 2.13. The van der Waals surface area contributed by atoms with Gasteiger partial charge in [-0.05, 0) is 48.5 Å². The van der Waals surface area contributed by atoms with Crippen LogP contribution in [0.15, 0.2) is 58.8 Å². The van der Waals surface area contributed by atoms with Gasteiger partial charge in [0.1, 0.15) is 18.6 Å². The first kappa shape index (κ1) is 18.0. The average molecular weight is 341 g/mol. The van der Waals surface area contributed by atoms with Crippen molar-refractivity contribution in [1.29, 1.82) is 0 Å². The van der Waals surface area contributed by atoms with E-state index in [4.69, 9.17) is 9.47 Å². The van der Waals surface area contributed by atoms with Crippen molar-refractivity contribution in [3.8, 4) is 11.5 Å². The fourth-order valence-electron chi connectivity index (χ4n) is 1.92. The molecule has 0 amide bonds. The number of hydrogen-bond donors (Lipinski definition) is 1. The zero-order valence-corrected chi connectivity index (χ0v) is 14.2. The lowest BCUT2D eigenvalue weighted by atomic mass is 10.1. The minimum absolute atomic E-state index is 0.0998. The molecule has 0 unspecified atom stereocenters. The van der Waals surface area contributed by atoms with Gasteiger partial charge in [-0.3, -0.25) is 10.2 Å². The lowest BCUT2D eigenvalue weighted by Gasteiger charge is -2.05. The Labute approximate surface area is 145 Å². The van der Waals surface area contributed by atoms with Crippen LogP contribution < -0.4 is 14.9 Å². The number of carbonyl (C=O) groups excluding carboxylic acids is 1. The summed E-state index contributed by atoms with van der Waals surface area (Å²) in [6.07, 6.45) is 1.25. The van der Waals surface area contributed by atoms with Crippen molar-refractivity contribution in [2.75, 3.05) is 26.8 Å². The van der Waals surface area contributed by atoms with Gasteiger partial charge in [0.05, 0.1) is 26.1 Å². The van der Waals surface area contributed by atoms with Crippen molar-refractivity contribution in [1.82, 2.24) is 0 Å². The first-order chi connectivity index (χ1) is 12.2. The second kappa shape index (κ2) is 9.07. The molecule has 0 bridgehead atoms. The van der Waals surface area contributed by atoms with Gasteiger partial charge in [0.15, 0.2) is 5.71 Å². The Morgan fingerprint density at radius 2 is 1.48 bits per heavy atom. The van der Waals surface area contributed by atoms with Crippen molar-refractivity contribution in [2.24, 2.45) is 10.3 Å². The van der Waals surface area contributed by atoms with Crippen LogP contribution in [0.5, 0.6) is 11.5 Å². The van der Waals surface area contributed by atoms with Gasteiger partial charge in [0, 0.05) is 5.56 Å². The molecule has 2 aromatic rings. The molecule has 0 saturated heterocycles. The van der Waals surface area contributed by atoms with Crippen LogP contribution in [0.4, 0.5) is 5.69 Å². The fraction of sp³-hybridized carbons (Fsp3) is 0.167. The maximum Gasteiger partial charge on any atom is 0.214 e. The number of oxime groups is 1. The molecule has 0 spiro atoms. The topological polar surface area (TPSA) is 81.5 Å². The summed E-state index contributed by atoms with van der Waals surface area (Å²) >= 11 is 0. The summed E-state index contributed by atoms with van der Waals surface area (Å²) in [5, 5.41) is 7.75. The van der Waals surface area contributed by atoms with Gasteiger partial charge in [0.2, 0.25) is 5.78 Å². The van der Waals surface area contributed by atoms with Crippen LogP contribution in [-0.2, 0) is 4.84 Å². The van der Waals surface area contributed by atoms with Gasteiger partial charge >= 0.3 is 0 Å². The van der Waals surface area contributed by atoms with Gasteiger partial charge in [0.25, 0.3) is 0 Å². The van der Waals surface area contributed by atoms with Crippen molar-refractivity contribution in [3.63, 3.8) is 0 Å². The number of benzene rings is 2. The van der Waals surface area contributed by atoms with Crippen LogP contribution in [0.3, 0.4) is 0 Å². The number of methoxy groups -OCH3 is 2. The highest BCUT2D eigenvalue weighted by atomic mass is 16.6. The normalized spacial score (nSPS) is 11.2. The fourth-order valence-corrected chi connectivity index (χ4v) is 1.92. The van der Waals surface area contributed by atoms with Gasteiger partial charge in [-0.15, -0.1) is 0 Å². The standard InChI is InChI=1S/C18H19N3O4/c1-23-15-8-4-13(5-9-15)18(22)17(12-19-25-3)21-20-14-6-10-16(24-2)11-7-14/h4-12,20H,1-3H3. The molecule has 0 atom stereocenters. The Kier molecular flexibility index (Phi) is 6.53. The number of nitrogens with one attached hydrogen (secondary N) is 1. The molecule has 7 heteroatoms. The molecule has 0 aliphatic heterocycles. The molecule has 2 rings (SSSR count). The summed E-state index contributed by atoms with van der Waals surface area (Å²) in [4.78, 5) is 17.2. The molecule has 0 fully saturated rings. The first-order valence-electron chi connectivity index (χ1n) is 7.41. The van der Waals surface area contributed by atoms with Gasteiger partial charge in [-0.1, -0.05) is 5.16 Å². The number of rotatable bonds is 8. The van der Waals surface area contributed by atoms with Crippen molar-refractivity contribution < 1.29 is 19.1 Å². The van der Waals surface area contributed by atoms with Crippen molar-refractivity contribution >= 4 is 23.4 Å². The van der Waals surface area contributed by atoms with Crippen LogP contribution in [0.2, 0.25) is 0 Å². The van der Waals surface area contributed by atoms with Crippen LogP contribution in [-0.4, -0.2) is 39.0 Å². The van der Waals surface area contributed by atoms with Gasteiger partial charge in [-0.25, -0.2) is 0 Å². The van der Waals surface area contributed by atoms with E-state index in [-0.39, 0.29) is 11.5 Å². The Morgan fingerprint density at radius 1 is 0.920 bits per heavy atom. The maximum absolute atomic E-state index is 12.6. The van der Waals surface area contributed by atoms with E-state index in [0.717, 1.165) is 5.75 Å². The second-order valence-electron chi connectivity index (χ2n) is 4.81. The van der Waals surface area contributed by atoms with E-state index in [2.05, 4.69) is 20.5 Å². The molecule has 1 N–H and O–H groups in total. The summed E-state index contributed by atoms with van der Waals surface area (Å²) in [5.41, 5.74) is 4.08. The Bertz CT molecular complexity index is 753. The number of carbonyl (C=O) groups is 1. The predicted octanol–water partition coefficient (Wildman–Crippen LogP) is 2.99. The van der Waals surface area contributed by atoms with Crippen LogP contribution in [0.25, 0.3) is 0 Å². The van der Waals surface area contributed by atoms with Crippen LogP contribution in [0.1, 0.15) is 10.4 Å². The molecule has 2 aromatic carbocycles. The molecule has 0 aromatic heterocycles. The van der Waals surface area contributed by atoms with Crippen LogP contribution in [0, 0.1) is 0 Å². The number of ether oxygens (including phenoxy) is 2. The number of nitrogens with zero attached hydrogens (tertiary/aromatic N) is 2. The molecule has 0 saturated carbocycles. The van der Waals surface area contributed by atoms with Gasteiger partial charge < -0.3 is 14.3 Å². The SMILES string of the molecule is CON=CC(=NNc1ccc(OC)cc1)C(=O)c1ccc(OC)cc1. The van der Waals surface area contributed by atoms with E-state index in [9.17, 15) is 4.79 Å². The molecule has 0 heterocycles. The third-order valence-electron chi connectivity index (χ3n) is 3.26. The molecular formula is C18H19N3O4. The number of hydrazone groups is 1. The third kappa shape index (κ3) is 5.07. The molecule has 7 nitrogen and oxygen atoms in total. The summed E-state index contributed by atoms with van der Waals surface area (Å²) in [5.74, 6) is 1.09. The number of hydrogen-bond acceptors (Lipinski definition) is 7. The summed E-state index contributed by atoms with van der Waals surface area (Å²) in [6, 6.07) is 13.9. The molecule has 0 aliphatic carbocycles. The largest absolute Gasteiger partial charge is 0.497 e. The monoisotopic (exact) mass is 341 g/mol. The number of Topliss-reactive ketones (excluding diaryl/α,β-unsaturated/α-hetero) is 1. The predicted molar refractivity (Wildman–Crippen MR) is 96.9 cm³/mol. The zero-order valence-electron chi connectivity index (χ0n) is 14.2. The Hall–Kier alpha value is -3.35. The minimum atomic E-state index is -0.301. The summed E-state index contributed by atoms with van der Waals surface area (Å²) in [7, 11) is 4.55. The van der Waals surface area contributed by atoms with Crippen LogP contribution >= 0.6 is 0 Å². The second-order valence-corrected chi connectivity index (χ2v) is 4.81. The lowest BCUT2D eigenvalue weighted by Crippen LogP contribution is -2.18. The van der Waals surface area contributed by atoms with E-state index in [1.165, 1.54) is 13.3 Å². The first-order valence-corrected chi connectivity index (χ1v) is 7.41. The smallest absolute Gasteiger partial charge is 0.214 e. The maximum atomic E-state index is 12.6. The minimum Gasteiger partial charge on any atom is -0.497 e. The Morgan fingerprint density at radius 3 is 2.00 bits per heavy atom. The van der Waals surface area contributed by atoms with Crippen molar-refractivity contribution in [2.45, 2.75) is 0 Å². The lowest BCUT2D eigenvalue weighted by molar-refractivity contribution is 0.106. The van der Waals surface area contributed by atoms with E-state index in [1.807, 2.05) is 0 Å². The highest BCUT2D eigenvalue weighted by Crippen LogP contribution is 2.15. The van der Waals surface area contributed by atoms with E-state index < -0.39 is 0 Å². The number of ketones is 1. The van der Waals surface area contributed by atoms with E-state index in [1.54, 1.807) is 62.8 Å².